The normalized spacial score (nSPS) is 31.1. The summed E-state index contributed by atoms with van der Waals surface area (Å²) in [7, 11) is 1.70. The molecule has 4 fully saturated rings. The van der Waals surface area contributed by atoms with E-state index < -0.39 is 35.1 Å². The van der Waals surface area contributed by atoms with Crippen molar-refractivity contribution in [2.45, 2.75) is 43.1 Å². The number of likely N-dealkylation sites (tertiary alicyclic amines) is 1. The van der Waals surface area contributed by atoms with Crippen LogP contribution in [0.5, 0.6) is 0 Å². The van der Waals surface area contributed by atoms with E-state index in [4.69, 9.17) is 9.47 Å². The number of rotatable bonds is 12. The van der Waals surface area contributed by atoms with Gasteiger partial charge in [-0.1, -0.05) is 42.5 Å². The van der Waals surface area contributed by atoms with Crippen LogP contribution < -0.4 is 0 Å². The van der Waals surface area contributed by atoms with Gasteiger partial charge in [0.05, 0.1) is 43.3 Å². The minimum absolute atomic E-state index is 0.194. The van der Waals surface area contributed by atoms with Crippen molar-refractivity contribution in [3.63, 3.8) is 0 Å². The highest BCUT2D eigenvalue weighted by Gasteiger charge is 2.78. The van der Waals surface area contributed by atoms with Gasteiger partial charge in [0.2, 0.25) is 17.7 Å². The van der Waals surface area contributed by atoms with Crippen molar-refractivity contribution in [2.24, 2.45) is 11.8 Å². The Kier molecular flexibility index (Phi) is 8.89. The monoisotopic (exact) mass is 580 g/mol. The van der Waals surface area contributed by atoms with Crippen LogP contribution >= 0.6 is 0 Å². The molecule has 10 nitrogen and oxygen atoms in total. The van der Waals surface area contributed by atoms with E-state index in [0.29, 0.717) is 52.2 Å². The molecule has 42 heavy (non-hydrogen) atoms. The molecular formula is C32H44N4O6. The van der Waals surface area contributed by atoms with Crippen LogP contribution in [0.25, 0.3) is 0 Å². The minimum Gasteiger partial charge on any atom is -0.394 e. The number of amides is 3. The van der Waals surface area contributed by atoms with Gasteiger partial charge in [0.25, 0.3) is 0 Å². The highest BCUT2D eigenvalue weighted by molar-refractivity contribution is 5.99. The molecule has 4 aliphatic rings. The fraction of sp³-hybridized carbons (Fsp3) is 0.594. The van der Waals surface area contributed by atoms with Crippen LogP contribution in [0, 0.1) is 11.8 Å². The molecule has 1 aromatic carbocycles. The lowest BCUT2D eigenvalue weighted by Crippen LogP contribution is -2.58. The van der Waals surface area contributed by atoms with Gasteiger partial charge in [0.15, 0.2) is 0 Å². The quantitative estimate of drug-likeness (QED) is 0.374. The van der Waals surface area contributed by atoms with Gasteiger partial charge in [-0.2, -0.15) is 0 Å². The molecule has 1 N–H and O–H groups in total. The van der Waals surface area contributed by atoms with Crippen molar-refractivity contribution in [3.05, 3.63) is 61.2 Å². The third-order valence-electron chi connectivity index (χ3n) is 9.64. The first-order chi connectivity index (χ1) is 20.2. The second kappa shape index (κ2) is 12.3. The highest BCUT2D eigenvalue weighted by Crippen LogP contribution is 2.64. The first-order valence-corrected chi connectivity index (χ1v) is 15.0. The average Bonchev–Trinajstić information content (AvgIpc) is 3.57. The Labute approximate surface area is 248 Å². The number of likely N-dealkylation sites (N-methyl/N-ethyl adjacent to an activating group) is 1. The van der Waals surface area contributed by atoms with Crippen molar-refractivity contribution >= 4 is 17.7 Å². The maximum Gasteiger partial charge on any atom is 0.248 e. The molecule has 1 spiro atoms. The third kappa shape index (κ3) is 5.08. The average molecular weight is 581 g/mol. The molecule has 0 aromatic heterocycles. The van der Waals surface area contributed by atoms with E-state index in [9.17, 15) is 19.5 Å². The van der Waals surface area contributed by atoms with Gasteiger partial charge in [-0.3, -0.25) is 19.3 Å². The molecule has 1 aromatic rings. The maximum atomic E-state index is 14.7. The number of aliphatic hydroxyl groups is 1. The summed E-state index contributed by atoms with van der Waals surface area (Å²) in [6, 6.07) is 7.49. The molecule has 228 valence electrons. The molecule has 2 unspecified atom stereocenters. The summed E-state index contributed by atoms with van der Waals surface area (Å²) < 4.78 is 12.3. The third-order valence-corrected chi connectivity index (χ3v) is 9.64. The zero-order valence-electron chi connectivity index (χ0n) is 24.8. The SMILES string of the molecule is C=CCN(C)C(=O)[C@H]1[C@H]2C(=O)N([C@H](CO)c3ccccc3)C(C(=O)N(CC=C)CCN3CCOCC3)C23CC[C@]1(C)O3. The predicted molar refractivity (Wildman–Crippen MR) is 157 cm³/mol. The van der Waals surface area contributed by atoms with Crippen molar-refractivity contribution in [3.8, 4) is 0 Å². The molecule has 5 rings (SSSR count). The lowest BCUT2D eigenvalue weighted by Gasteiger charge is -2.40. The summed E-state index contributed by atoms with van der Waals surface area (Å²) in [6.45, 7) is 13.8. The van der Waals surface area contributed by atoms with Gasteiger partial charge in [-0.05, 0) is 25.3 Å². The second-order valence-electron chi connectivity index (χ2n) is 12.1. The Bertz CT molecular complexity index is 1190. The van der Waals surface area contributed by atoms with Crippen molar-refractivity contribution in [1.82, 2.24) is 19.6 Å². The van der Waals surface area contributed by atoms with E-state index in [2.05, 4.69) is 18.1 Å². The molecule has 0 saturated carbocycles. The molecular weight excluding hydrogens is 536 g/mol. The van der Waals surface area contributed by atoms with Crippen molar-refractivity contribution in [1.29, 1.82) is 0 Å². The lowest BCUT2D eigenvalue weighted by atomic mass is 9.66. The summed E-state index contributed by atoms with van der Waals surface area (Å²) in [5, 5.41) is 10.7. The number of aliphatic hydroxyl groups excluding tert-OH is 1. The van der Waals surface area contributed by atoms with Crippen molar-refractivity contribution < 1.29 is 29.0 Å². The smallest absolute Gasteiger partial charge is 0.248 e. The van der Waals surface area contributed by atoms with E-state index in [0.717, 1.165) is 18.7 Å². The van der Waals surface area contributed by atoms with Crippen LogP contribution in [0.15, 0.2) is 55.6 Å². The molecule has 2 bridgehead atoms. The molecule has 4 saturated heterocycles. The molecule has 4 aliphatic heterocycles. The summed E-state index contributed by atoms with van der Waals surface area (Å²) >= 11 is 0. The Morgan fingerprint density at radius 3 is 2.45 bits per heavy atom. The van der Waals surface area contributed by atoms with Gasteiger partial charge in [-0.15, -0.1) is 13.2 Å². The minimum atomic E-state index is -1.18. The zero-order valence-corrected chi connectivity index (χ0v) is 24.8. The first-order valence-electron chi connectivity index (χ1n) is 15.0. The number of nitrogens with zero attached hydrogens (tertiary/aromatic N) is 4. The second-order valence-corrected chi connectivity index (χ2v) is 12.1. The summed E-state index contributed by atoms with van der Waals surface area (Å²) in [5.74, 6) is -2.35. The fourth-order valence-corrected chi connectivity index (χ4v) is 7.61. The van der Waals surface area contributed by atoms with Gasteiger partial charge < -0.3 is 29.3 Å². The number of ether oxygens (including phenoxy) is 2. The van der Waals surface area contributed by atoms with Gasteiger partial charge >= 0.3 is 0 Å². The Balaban J connectivity index is 1.56. The number of carbonyl (C=O) groups excluding carboxylic acids is 3. The Morgan fingerprint density at radius 1 is 1.12 bits per heavy atom. The Hall–Kier alpha value is -3.05. The number of fused-ring (bicyclic) bond motifs is 1. The standard InChI is InChI=1S/C32H44N4O6/c1-5-14-33(4)28(38)25-26-29(39)36(24(22-37)23-10-8-7-9-11-23)27(32(26)13-12-31(25,3)42-32)30(40)35(15-6-2)17-16-34-18-20-41-21-19-34/h5-11,24-27,37H,1-2,12-22H2,3-4H3/t24-,25-,26+,27?,31+,32?/m1/s1. The van der Waals surface area contributed by atoms with E-state index in [1.807, 2.05) is 37.3 Å². The first kappa shape index (κ1) is 30.4. The van der Waals surface area contributed by atoms with Gasteiger partial charge in [0.1, 0.15) is 11.6 Å². The Morgan fingerprint density at radius 2 is 1.81 bits per heavy atom. The van der Waals surface area contributed by atoms with Gasteiger partial charge in [-0.25, -0.2) is 0 Å². The van der Waals surface area contributed by atoms with Gasteiger partial charge in [0, 0.05) is 46.3 Å². The molecule has 6 atom stereocenters. The zero-order chi connectivity index (χ0) is 30.1. The number of hydrogen-bond acceptors (Lipinski definition) is 7. The number of hydrogen-bond donors (Lipinski definition) is 1. The maximum absolute atomic E-state index is 14.7. The van der Waals surface area contributed by atoms with E-state index in [-0.39, 0.29) is 24.3 Å². The van der Waals surface area contributed by atoms with Crippen molar-refractivity contribution in [2.75, 3.05) is 66.1 Å². The van der Waals surface area contributed by atoms with Crippen LogP contribution in [0.1, 0.15) is 31.4 Å². The largest absolute Gasteiger partial charge is 0.394 e. The molecule has 4 heterocycles. The van der Waals surface area contributed by atoms with Crippen LogP contribution in [-0.2, 0) is 23.9 Å². The number of morpholine rings is 1. The fourth-order valence-electron chi connectivity index (χ4n) is 7.61. The van der Waals surface area contributed by atoms with Crippen LogP contribution in [0.2, 0.25) is 0 Å². The topological polar surface area (TPSA) is 103 Å². The molecule has 0 aliphatic carbocycles. The van der Waals surface area contributed by atoms with Crippen LogP contribution in [-0.4, -0.2) is 126 Å². The number of carbonyl (C=O) groups is 3. The summed E-state index contributed by atoms with van der Waals surface area (Å²) in [6.07, 6.45) is 4.37. The molecule has 3 amide bonds. The highest BCUT2D eigenvalue weighted by atomic mass is 16.5. The number of benzene rings is 1. The molecule has 10 heteroatoms. The predicted octanol–water partition coefficient (Wildman–Crippen LogP) is 1.48. The summed E-state index contributed by atoms with van der Waals surface area (Å²) in [4.78, 5) is 50.3. The summed E-state index contributed by atoms with van der Waals surface area (Å²) in [5.41, 5.74) is -1.34. The van der Waals surface area contributed by atoms with E-state index in [1.165, 1.54) is 4.90 Å². The van der Waals surface area contributed by atoms with E-state index >= 15 is 0 Å². The van der Waals surface area contributed by atoms with Crippen LogP contribution in [0.4, 0.5) is 0 Å². The van der Waals surface area contributed by atoms with Crippen LogP contribution in [0.3, 0.4) is 0 Å². The van der Waals surface area contributed by atoms with E-state index in [1.54, 1.807) is 29.0 Å². The lowest BCUT2D eigenvalue weighted by molar-refractivity contribution is -0.156. The molecule has 0 radical (unpaired) electrons.